The summed E-state index contributed by atoms with van der Waals surface area (Å²) in [5, 5.41) is 11.5. The normalized spacial score (nSPS) is 15.2. The monoisotopic (exact) mass is 405 g/mol. The van der Waals surface area contributed by atoms with Crippen molar-refractivity contribution in [1.82, 2.24) is 4.31 Å². The number of piperazine rings is 1. The van der Waals surface area contributed by atoms with E-state index in [4.69, 9.17) is 0 Å². The van der Waals surface area contributed by atoms with Gasteiger partial charge in [-0.15, -0.1) is 0 Å². The molecule has 148 valence electrons. The van der Waals surface area contributed by atoms with Crippen molar-refractivity contribution in [2.75, 3.05) is 38.2 Å². The molecule has 28 heavy (non-hydrogen) atoms. The van der Waals surface area contributed by atoms with E-state index in [0.717, 1.165) is 0 Å². The molecule has 0 radical (unpaired) electrons. The van der Waals surface area contributed by atoms with Gasteiger partial charge in [-0.1, -0.05) is 18.2 Å². The highest BCUT2D eigenvalue weighted by Gasteiger charge is 2.31. The topological polar surface area (TPSA) is 110 Å². The summed E-state index contributed by atoms with van der Waals surface area (Å²) in [5.74, 6) is -0.659. The number of sulfonamides is 1. The van der Waals surface area contributed by atoms with Crippen LogP contribution in [0.5, 0.6) is 0 Å². The van der Waals surface area contributed by atoms with Crippen LogP contribution in [0.4, 0.5) is 11.4 Å². The van der Waals surface area contributed by atoms with Gasteiger partial charge >= 0.3 is 5.97 Å². The number of methoxy groups -OCH3 is 1. The van der Waals surface area contributed by atoms with E-state index in [1.165, 1.54) is 41.7 Å². The molecule has 0 aromatic heterocycles. The summed E-state index contributed by atoms with van der Waals surface area (Å²) in [4.78, 5) is 24.5. The van der Waals surface area contributed by atoms with Gasteiger partial charge in [0.1, 0.15) is 5.69 Å². The molecular weight excluding hydrogens is 386 g/mol. The number of rotatable bonds is 5. The Bertz CT molecular complexity index is 986. The Morgan fingerprint density at radius 3 is 2.29 bits per heavy atom. The SMILES string of the molecule is COC(=O)c1ccc(N2CCN(S(=O)(=O)c3ccccc3)CC2)c([N+](=O)[O-])c1. The van der Waals surface area contributed by atoms with Crippen molar-refractivity contribution in [3.05, 3.63) is 64.2 Å². The largest absolute Gasteiger partial charge is 0.465 e. The van der Waals surface area contributed by atoms with E-state index in [-0.39, 0.29) is 29.2 Å². The maximum Gasteiger partial charge on any atom is 0.338 e. The molecule has 0 spiro atoms. The Kier molecular flexibility index (Phi) is 5.61. The van der Waals surface area contributed by atoms with E-state index < -0.39 is 20.9 Å². The van der Waals surface area contributed by atoms with Crippen LogP contribution < -0.4 is 4.90 Å². The molecule has 1 aliphatic heterocycles. The lowest BCUT2D eigenvalue weighted by atomic mass is 10.1. The van der Waals surface area contributed by atoms with Crippen molar-refractivity contribution in [2.45, 2.75) is 4.90 Å². The molecule has 0 amide bonds. The van der Waals surface area contributed by atoms with Gasteiger partial charge in [0.25, 0.3) is 5.69 Å². The third kappa shape index (κ3) is 3.82. The van der Waals surface area contributed by atoms with Crippen LogP contribution in [0.15, 0.2) is 53.4 Å². The zero-order valence-electron chi connectivity index (χ0n) is 15.1. The van der Waals surface area contributed by atoms with Gasteiger partial charge in [0.05, 0.1) is 22.5 Å². The number of nitro benzene ring substituents is 1. The quantitative estimate of drug-likeness (QED) is 0.424. The molecule has 2 aromatic carbocycles. The van der Waals surface area contributed by atoms with E-state index >= 15 is 0 Å². The van der Waals surface area contributed by atoms with E-state index in [1.54, 1.807) is 23.1 Å². The number of hydrogen-bond donors (Lipinski definition) is 0. The molecule has 10 heteroatoms. The van der Waals surface area contributed by atoms with Gasteiger partial charge in [-0.25, -0.2) is 13.2 Å². The van der Waals surface area contributed by atoms with Gasteiger partial charge < -0.3 is 9.64 Å². The molecule has 9 nitrogen and oxygen atoms in total. The first kappa shape index (κ1) is 19.8. The molecule has 2 aromatic rings. The van der Waals surface area contributed by atoms with Crippen LogP contribution in [0.3, 0.4) is 0 Å². The molecule has 0 saturated carbocycles. The van der Waals surface area contributed by atoms with Gasteiger partial charge in [-0.05, 0) is 24.3 Å². The molecule has 3 rings (SSSR count). The Morgan fingerprint density at radius 2 is 1.71 bits per heavy atom. The smallest absolute Gasteiger partial charge is 0.338 e. The minimum atomic E-state index is -3.60. The molecule has 0 bridgehead atoms. The summed E-state index contributed by atoms with van der Waals surface area (Å²) in [6.07, 6.45) is 0. The number of benzene rings is 2. The van der Waals surface area contributed by atoms with Gasteiger partial charge in [0.15, 0.2) is 0 Å². The molecule has 1 saturated heterocycles. The fourth-order valence-electron chi connectivity index (χ4n) is 3.09. The molecular formula is C18H19N3O6S. The molecule has 1 fully saturated rings. The molecule has 1 heterocycles. The number of carbonyl (C=O) groups is 1. The number of carbonyl (C=O) groups excluding carboxylic acids is 1. The van der Waals surface area contributed by atoms with Crippen molar-refractivity contribution < 1.29 is 22.9 Å². The number of nitro groups is 1. The van der Waals surface area contributed by atoms with Gasteiger partial charge in [0.2, 0.25) is 10.0 Å². The molecule has 0 atom stereocenters. The van der Waals surface area contributed by atoms with Crippen LogP contribution in [0.2, 0.25) is 0 Å². The maximum atomic E-state index is 12.7. The second-order valence-electron chi connectivity index (χ2n) is 6.16. The lowest BCUT2D eigenvalue weighted by Gasteiger charge is -2.35. The van der Waals surface area contributed by atoms with Crippen LogP contribution >= 0.6 is 0 Å². The fourth-order valence-corrected chi connectivity index (χ4v) is 4.54. The standard InChI is InChI=1S/C18H19N3O6S/c1-27-18(22)14-7-8-16(17(13-14)21(23)24)19-9-11-20(12-10-19)28(25,26)15-5-3-2-4-6-15/h2-8,13H,9-12H2,1H3. The van der Waals surface area contributed by atoms with Crippen molar-refractivity contribution >= 4 is 27.4 Å². The molecule has 0 N–H and O–H groups in total. The number of esters is 1. The lowest BCUT2D eigenvalue weighted by molar-refractivity contribution is -0.384. The second kappa shape index (κ2) is 7.95. The van der Waals surface area contributed by atoms with Gasteiger partial charge in [-0.3, -0.25) is 10.1 Å². The first-order chi connectivity index (χ1) is 13.3. The number of nitrogens with zero attached hydrogens (tertiary/aromatic N) is 3. The predicted molar refractivity (Wildman–Crippen MR) is 102 cm³/mol. The third-order valence-corrected chi connectivity index (χ3v) is 6.47. The van der Waals surface area contributed by atoms with Crippen LogP contribution in [-0.2, 0) is 14.8 Å². The predicted octanol–water partition coefficient (Wildman–Crippen LogP) is 1.89. The zero-order valence-corrected chi connectivity index (χ0v) is 16.0. The van der Waals surface area contributed by atoms with E-state index in [1.807, 2.05) is 0 Å². The zero-order chi connectivity index (χ0) is 20.3. The maximum absolute atomic E-state index is 12.7. The number of ether oxygens (including phenoxy) is 1. The Labute approximate surface area is 162 Å². The highest BCUT2D eigenvalue weighted by Crippen LogP contribution is 2.31. The highest BCUT2D eigenvalue weighted by atomic mass is 32.2. The average molecular weight is 405 g/mol. The minimum absolute atomic E-state index is 0.0863. The van der Waals surface area contributed by atoms with Crippen molar-refractivity contribution in [2.24, 2.45) is 0 Å². The highest BCUT2D eigenvalue weighted by molar-refractivity contribution is 7.89. The first-order valence-electron chi connectivity index (χ1n) is 8.51. The van der Waals surface area contributed by atoms with Crippen LogP contribution in [0.1, 0.15) is 10.4 Å². The van der Waals surface area contributed by atoms with Gasteiger partial charge in [-0.2, -0.15) is 4.31 Å². The van der Waals surface area contributed by atoms with Crippen molar-refractivity contribution in [1.29, 1.82) is 0 Å². The Morgan fingerprint density at radius 1 is 1.07 bits per heavy atom. The second-order valence-corrected chi connectivity index (χ2v) is 8.09. The fraction of sp³-hybridized carbons (Fsp3) is 0.278. The lowest BCUT2D eigenvalue weighted by Crippen LogP contribution is -2.48. The summed E-state index contributed by atoms with van der Waals surface area (Å²) in [6, 6.07) is 12.3. The minimum Gasteiger partial charge on any atom is -0.465 e. The van der Waals surface area contributed by atoms with E-state index in [9.17, 15) is 23.3 Å². The Balaban J connectivity index is 1.80. The summed E-state index contributed by atoms with van der Waals surface area (Å²) in [5.41, 5.74) is 0.208. The van der Waals surface area contributed by atoms with Crippen molar-refractivity contribution in [3.63, 3.8) is 0 Å². The van der Waals surface area contributed by atoms with Gasteiger partial charge in [0, 0.05) is 32.2 Å². The van der Waals surface area contributed by atoms with E-state index in [0.29, 0.717) is 18.8 Å². The summed E-state index contributed by atoms with van der Waals surface area (Å²) < 4.78 is 31.4. The summed E-state index contributed by atoms with van der Waals surface area (Å²) >= 11 is 0. The molecule has 0 aliphatic carbocycles. The molecule has 0 unspecified atom stereocenters. The summed E-state index contributed by atoms with van der Waals surface area (Å²) in [7, 11) is -2.40. The third-order valence-electron chi connectivity index (χ3n) is 4.55. The van der Waals surface area contributed by atoms with Crippen LogP contribution in [-0.4, -0.2) is 56.9 Å². The Hall–Kier alpha value is -2.98. The number of anilines is 1. The first-order valence-corrected chi connectivity index (χ1v) is 9.95. The van der Waals surface area contributed by atoms with E-state index in [2.05, 4.69) is 4.74 Å². The summed E-state index contributed by atoms with van der Waals surface area (Å²) in [6.45, 7) is 0.995. The van der Waals surface area contributed by atoms with Crippen molar-refractivity contribution in [3.8, 4) is 0 Å². The average Bonchev–Trinajstić information content (AvgIpc) is 2.73. The van der Waals surface area contributed by atoms with Crippen LogP contribution in [0, 0.1) is 10.1 Å². The molecule has 1 aliphatic rings. The number of hydrogen-bond acceptors (Lipinski definition) is 7. The van der Waals surface area contributed by atoms with Crippen LogP contribution in [0.25, 0.3) is 0 Å².